The van der Waals surface area contributed by atoms with Gasteiger partial charge in [0, 0.05) is 18.3 Å². The summed E-state index contributed by atoms with van der Waals surface area (Å²) in [4.78, 5) is 0. The van der Waals surface area contributed by atoms with Gasteiger partial charge in [-0.25, -0.2) is 0 Å². The third-order valence-electron chi connectivity index (χ3n) is 5.92. The maximum atomic E-state index is 6.44. The zero-order valence-corrected chi connectivity index (χ0v) is 11.7. The molecule has 20 heavy (non-hydrogen) atoms. The van der Waals surface area contributed by atoms with Crippen LogP contribution in [0.5, 0.6) is 0 Å². The van der Waals surface area contributed by atoms with E-state index in [-0.39, 0.29) is 0 Å². The Bertz CT molecular complexity index is 544. The second-order valence-corrected chi connectivity index (χ2v) is 7.02. The Morgan fingerprint density at radius 1 is 1.05 bits per heavy atom. The minimum absolute atomic E-state index is 0.417. The predicted molar refractivity (Wildman–Crippen MR) is 72.8 cm³/mol. The van der Waals surface area contributed by atoms with E-state index >= 15 is 0 Å². The first-order valence-electron chi connectivity index (χ1n) is 7.72. The molecule has 0 amide bonds. The summed E-state index contributed by atoms with van der Waals surface area (Å²) in [5, 5.41) is 0. The quantitative estimate of drug-likeness (QED) is 0.828. The van der Waals surface area contributed by atoms with Crippen LogP contribution in [0, 0.1) is 23.7 Å². The molecule has 0 aromatic heterocycles. The Morgan fingerprint density at radius 2 is 1.80 bits per heavy atom. The fourth-order valence-corrected chi connectivity index (χ4v) is 5.34. The topological polar surface area (TPSA) is 27.7 Å². The van der Waals surface area contributed by atoms with Crippen LogP contribution in [0.3, 0.4) is 0 Å². The molecule has 3 heteroatoms. The molecule has 6 atom stereocenters. The molecule has 3 heterocycles. The largest absolute Gasteiger partial charge is 0.349 e. The van der Waals surface area contributed by atoms with Crippen molar-refractivity contribution in [2.24, 2.45) is 23.7 Å². The Labute approximate surface area is 119 Å². The van der Waals surface area contributed by atoms with Crippen LogP contribution >= 0.6 is 0 Å². The van der Waals surface area contributed by atoms with E-state index in [1.165, 1.54) is 12.0 Å². The molecule has 1 aliphatic carbocycles. The lowest BCUT2D eigenvalue weighted by atomic mass is 9.81. The minimum Gasteiger partial charge on any atom is -0.349 e. The van der Waals surface area contributed by atoms with E-state index in [0.29, 0.717) is 23.7 Å². The van der Waals surface area contributed by atoms with Crippen molar-refractivity contribution >= 4 is 0 Å². The van der Waals surface area contributed by atoms with Gasteiger partial charge in [-0.1, -0.05) is 30.3 Å². The summed E-state index contributed by atoms with van der Waals surface area (Å²) in [6, 6.07) is 10.6. The first kappa shape index (κ1) is 11.7. The third-order valence-corrected chi connectivity index (χ3v) is 5.92. The molecule has 4 fully saturated rings. The van der Waals surface area contributed by atoms with Crippen molar-refractivity contribution < 1.29 is 14.2 Å². The van der Waals surface area contributed by atoms with Gasteiger partial charge in [-0.2, -0.15) is 0 Å². The van der Waals surface area contributed by atoms with Crippen LogP contribution in [0.4, 0.5) is 0 Å². The predicted octanol–water partition coefficient (Wildman–Crippen LogP) is 2.60. The normalized spacial score (nSPS) is 51.6. The molecule has 5 rings (SSSR count). The van der Waals surface area contributed by atoms with E-state index in [1.54, 1.807) is 0 Å². The Hall–Kier alpha value is -0.900. The molecule has 0 unspecified atom stereocenters. The van der Waals surface area contributed by atoms with E-state index in [4.69, 9.17) is 14.2 Å². The van der Waals surface area contributed by atoms with Gasteiger partial charge in [0.15, 0.2) is 11.6 Å². The van der Waals surface area contributed by atoms with Gasteiger partial charge in [0.05, 0.1) is 13.2 Å². The lowest BCUT2D eigenvalue weighted by Crippen LogP contribution is -2.39. The lowest BCUT2D eigenvalue weighted by molar-refractivity contribution is -0.301. The zero-order valence-electron chi connectivity index (χ0n) is 11.7. The van der Waals surface area contributed by atoms with E-state index in [2.05, 4.69) is 37.3 Å². The Morgan fingerprint density at radius 3 is 2.65 bits per heavy atom. The second-order valence-electron chi connectivity index (χ2n) is 7.02. The number of hydrogen-bond acceptors (Lipinski definition) is 3. The molecular formula is C17H20O3. The van der Waals surface area contributed by atoms with Crippen molar-refractivity contribution in [2.45, 2.75) is 31.3 Å². The molecular weight excluding hydrogens is 252 g/mol. The van der Waals surface area contributed by atoms with Gasteiger partial charge in [0.2, 0.25) is 0 Å². The fourth-order valence-electron chi connectivity index (χ4n) is 5.34. The molecule has 1 saturated carbocycles. The summed E-state index contributed by atoms with van der Waals surface area (Å²) in [6.45, 7) is 3.85. The highest BCUT2D eigenvalue weighted by Crippen LogP contribution is 2.66. The number of ether oxygens (including phenoxy) is 3. The molecule has 1 aromatic carbocycles. The maximum Gasteiger partial charge on any atom is 0.179 e. The molecule has 3 nitrogen and oxygen atoms in total. The maximum absolute atomic E-state index is 6.44. The van der Waals surface area contributed by atoms with Crippen molar-refractivity contribution in [3.8, 4) is 0 Å². The highest BCUT2D eigenvalue weighted by molar-refractivity contribution is 5.21. The lowest BCUT2D eigenvalue weighted by Gasteiger charge is -2.31. The SMILES string of the molecule is C[C@]12OC[C@@H]3C[C@@H]4CO[C@](Cc5ccccc5)(O1)[C@@H]4[C@@H]32. The van der Waals surface area contributed by atoms with E-state index in [0.717, 1.165) is 19.6 Å². The molecule has 4 aliphatic rings. The van der Waals surface area contributed by atoms with Crippen molar-refractivity contribution in [2.75, 3.05) is 13.2 Å². The molecule has 3 saturated heterocycles. The Kier molecular flexibility index (Phi) is 2.14. The van der Waals surface area contributed by atoms with Gasteiger partial charge >= 0.3 is 0 Å². The highest BCUT2D eigenvalue weighted by Gasteiger charge is 2.74. The van der Waals surface area contributed by atoms with Gasteiger partial charge in [-0.3, -0.25) is 0 Å². The number of benzene rings is 1. The summed E-state index contributed by atoms with van der Waals surface area (Å²) in [5.74, 6) is 1.52. The summed E-state index contributed by atoms with van der Waals surface area (Å²) < 4.78 is 18.7. The van der Waals surface area contributed by atoms with Crippen molar-refractivity contribution in [1.29, 1.82) is 0 Å². The van der Waals surface area contributed by atoms with E-state index in [1.807, 2.05) is 0 Å². The first-order valence-corrected chi connectivity index (χ1v) is 7.72. The average molecular weight is 272 g/mol. The minimum atomic E-state index is -0.444. The van der Waals surface area contributed by atoms with Crippen molar-refractivity contribution in [3.63, 3.8) is 0 Å². The number of hydrogen-bond donors (Lipinski definition) is 0. The van der Waals surface area contributed by atoms with Crippen molar-refractivity contribution in [1.82, 2.24) is 0 Å². The van der Waals surface area contributed by atoms with E-state index in [9.17, 15) is 0 Å². The van der Waals surface area contributed by atoms with Gasteiger partial charge in [0.1, 0.15) is 0 Å². The van der Waals surface area contributed by atoms with Gasteiger partial charge in [-0.05, 0) is 30.7 Å². The fraction of sp³-hybridized carbons (Fsp3) is 0.647. The molecule has 0 bridgehead atoms. The average Bonchev–Trinajstić information content (AvgIpc) is 3.10. The summed E-state index contributed by atoms with van der Waals surface area (Å²) in [5.41, 5.74) is 1.29. The van der Waals surface area contributed by atoms with Crippen molar-refractivity contribution in [3.05, 3.63) is 35.9 Å². The first-order chi connectivity index (χ1) is 9.70. The Balaban J connectivity index is 1.55. The summed E-state index contributed by atoms with van der Waals surface area (Å²) >= 11 is 0. The smallest absolute Gasteiger partial charge is 0.179 e. The molecule has 106 valence electrons. The van der Waals surface area contributed by atoms with Gasteiger partial charge in [0.25, 0.3) is 0 Å². The monoisotopic (exact) mass is 272 g/mol. The van der Waals surface area contributed by atoms with Crippen LogP contribution < -0.4 is 0 Å². The molecule has 3 aliphatic heterocycles. The molecule has 0 spiro atoms. The summed E-state index contributed by atoms with van der Waals surface area (Å²) in [6.07, 6.45) is 2.10. The third kappa shape index (κ3) is 1.31. The van der Waals surface area contributed by atoms with Crippen LogP contribution in [0.25, 0.3) is 0 Å². The van der Waals surface area contributed by atoms with Crippen LogP contribution in [0.1, 0.15) is 18.9 Å². The van der Waals surface area contributed by atoms with Crippen LogP contribution in [-0.4, -0.2) is 24.8 Å². The second kappa shape index (κ2) is 3.65. The van der Waals surface area contributed by atoms with E-state index < -0.39 is 11.6 Å². The van der Waals surface area contributed by atoms with Crippen LogP contribution in [0.2, 0.25) is 0 Å². The van der Waals surface area contributed by atoms with Crippen LogP contribution in [-0.2, 0) is 20.6 Å². The molecule has 0 N–H and O–H groups in total. The van der Waals surface area contributed by atoms with Gasteiger partial charge in [-0.15, -0.1) is 0 Å². The standard InChI is InChI=1S/C17H20O3/c1-16-14-12(9-18-16)7-13-10-19-17(20-16,15(13)14)8-11-5-3-2-4-6-11/h2-6,12-15H,7-10H2,1H3/t12-,13+,14+,15-,16-,17+/m0/s1. The molecule has 0 radical (unpaired) electrons. The summed E-state index contributed by atoms with van der Waals surface area (Å²) in [7, 11) is 0. The van der Waals surface area contributed by atoms with Gasteiger partial charge < -0.3 is 14.2 Å². The number of rotatable bonds is 2. The highest BCUT2D eigenvalue weighted by atomic mass is 16.8. The van der Waals surface area contributed by atoms with Crippen LogP contribution in [0.15, 0.2) is 30.3 Å². The zero-order chi connectivity index (χ0) is 13.4. The molecule has 1 aromatic rings.